The van der Waals surface area contributed by atoms with Crippen molar-refractivity contribution >= 4 is 0 Å². The van der Waals surface area contributed by atoms with Gasteiger partial charge in [0, 0.05) is 12.6 Å². The number of hydrogen-bond acceptors (Lipinski definition) is 2. The SMILES string of the molecule is CCCC(CCO)CNC1CCC(C)(C)CC1C. The molecule has 0 aromatic carbocycles. The van der Waals surface area contributed by atoms with Gasteiger partial charge in [0.05, 0.1) is 0 Å². The predicted octanol–water partition coefficient (Wildman–Crippen LogP) is 3.59. The first-order valence-electron chi connectivity index (χ1n) is 7.82. The lowest BCUT2D eigenvalue weighted by Crippen LogP contribution is -2.43. The van der Waals surface area contributed by atoms with E-state index in [4.69, 9.17) is 5.11 Å². The van der Waals surface area contributed by atoms with Crippen LogP contribution in [0.25, 0.3) is 0 Å². The fraction of sp³-hybridized carbons (Fsp3) is 1.00. The highest BCUT2D eigenvalue weighted by Crippen LogP contribution is 2.38. The number of aliphatic hydroxyl groups excluding tert-OH is 1. The van der Waals surface area contributed by atoms with Crippen LogP contribution in [0.1, 0.15) is 66.2 Å². The summed E-state index contributed by atoms with van der Waals surface area (Å²) in [7, 11) is 0. The molecular weight excluding hydrogens is 222 g/mol. The van der Waals surface area contributed by atoms with E-state index in [9.17, 15) is 0 Å². The van der Waals surface area contributed by atoms with Crippen molar-refractivity contribution in [1.29, 1.82) is 0 Å². The zero-order valence-corrected chi connectivity index (χ0v) is 12.8. The van der Waals surface area contributed by atoms with Gasteiger partial charge in [0.2, 0.25) is 0 Å². The number of nitrogens with one attached hydrogen (secondary N) is 1. The molecule has 108 valence electrons. The van der Waals surface area contributed by atoms with Crippen LogP contribution in [0, 0.1) is 17.3 Å². The molecule has 2 N–H and O–H groups in total. The molecule has 0 radical (unpaired) electrons. The Kier molecular flexibility index (Phi) is 6.65. The average Bonchev–Trinajstić information content (AvgIpc) is 2.27. The topological polar surface area (TPSA) is 32.3 Å². The number of aliphatic hydroxyl groups is 1. The minimum atomic E-state index is 0.333. The maximum Gasteiger partial charge on any atom is 0.0434 e. The second kappa shape index (κ2) is 7.49. The van der Waals surface area contributed by atoms with Gasteiger partial charge in [-0.2, -0.15) is 0 Å². The van der Waals surface area contributed by atoms with Crippen molar-refractivity contribution in [2.75, 3.05) is 13.2 Å². The minimum absolute atomic E-state index is 0.333. The van der Waals surface area contributed by atoms with E-state index in [1.54, 1.807) is 0 Å². The Hall–Kier alpha value is -0.0800. The van der Waals surface area contributed by atoms with Crippen molar-refractivity contribution in [2.24, 2.45) is 17.3 Å². The lowest BCUT2D eigenvalue weighted by Gasteiger charge is -2.40. The first-order chi connectivity index (χ1) is 8.48. The molecule has 0 aromatic rings. The van der Waals surface area contributed by atoms with Crippen molar-refractivity contribution in [3.8, 4) is 0 Å². The van der Waals surface area contributed by atoms with Crippen LogP contribution in [-0.4, -0.2) is 24.3 Å². The van der Waals surface area contributed by atoms with Crippen LogP contribution in [-0.2, 0) is 0 Å². The molecule has 1 aliphatic carbocycles. The molecular formula is C16H33NO. The lowest BCUT2D eigenvalue weighted by atomic mass is 9.70. The van der Waals surface area contributed by atoms with E-state index in [2.05, 4.69) is 33.0 Å². The van der Waals surface area contributed by atoms with Crippen LogP contribution in [0.3, 0.4) is 0 Å². The molecule has 3 atom stereocenters. The van der Waals surface area contributed by atoms with Crippen LogP contribution in [0.15, 0.2) is 0 Å². The summed E-state index contributed by atoms with van der Waals surface area (Å²) in [5.74, 6) is 1.44. The Morgan fingerprint density at radius 1 is 1.33 bits per heavy atom. The Balaban J connectivity index is 2.33. The Morgan fingerprint density at radius 2 is 2.06 bits per heavy atom. The fourth-order valence-corrected chi connectivity index (χ4v) is 3.51. The first-order valence-corrected chi connectivity index (χ1v) is 7.82. The van der Waals surface area contributed by atoms with E-state index in [-0.39, 0.29) is 0 Å². The van der Waals surface area contributed by atoms with Gasteiger partial charge in [0.1, 0.15) is 0 Å². The monoisotopic (exact) mass is 255 g/mol. The zero-order valence-electron chi connectivity index (χ0n) is 12.8. The first kappa shape index (κ1) is 16.0. The fourth-order valence-electron chi connectivity index (χ4n) is 3.51. The molecule has 0 bridgehead atoms. The van der Waals surface area contributed by atoms with Crippen LogP contribution >= 0.6 is 0 Å². The van der Waals surface area contributed by atoms with Gasteiger partial charge in [0.25, 0.3) is 0 Å². The summed E-state index contributed by atoms with van der Waals surface area (Å²) in [4.78, 5) is 0. The molecule has 18 heavy (non-hydrogen) atoms. The number of rotatable bonds is 7. The molecule has 2 heteroatoms. The summed E-state index contributed by atoms with van der Waals surface area (Å²) >= 11 is 0. The Morgan fingerprint density at radius 3 is 2.61 bits per heavy atom. The van der Waals surface area contributed by atoms with Crippen LogP contribution in [0.5, 0.6) is 0 Å². The van der Waals surface area contributed by atoms with E-state index in [0.717, 1.165) is 18.9 Å². The van der Waals surface area contributed by atoms with Crippen molar-refractivity contribution in [3.63, 3.8) is 0 Å². The Labute approximate surface area is 114 Å². The highest BCUT2D eigenvalue weighted by molar-refractivity contribution is 4.87. The van der Waals surface area contributed by atoms with Crippen LogP contribution < -0.4 is 5.32 Å². The quantitative estimate of drug-likeness (QED) is 0.728. The van der Waals surface area contributed by atoms with Crippen molar-refractivity contribution in [1.82, 2.24) is 5.32 Å². The summed E-state index contributed by atoms with van der Waals surface area (Å²) in [6.45, 7) is 10.8. The average molecular weight is 255 g/mol. The second-order valence-electron chi connectivity index (χ2n) is 7.07. The van der Waals surface area contributed by atoms with E-state index >= 15 is 0 Å². The second-order valence-corrected chi connectivity index (χ2v) is 7.07. The van der Waals surface area contributed by atoms with Crippen LogP contribution in [0.4, 0.5) is 0 Å². The van der Waals surface area contributed by atoms with Gasteiger partial charge < -0.3 is 10.4 Å². The van der Waals surface area contributed by atoms with Crippen LogP contribution in [0.2, 0.25) is 0 Å². The minimum Gasteiger partial charge on any atom is -0.396 e. The molecule has 0 spiro atoms. The lowest BCUT2D eigenvalue weighted by molar-refractivity contribution is 0.143. The smallest absolute Gasteiger partial charge is 0.0434 e. The third-order valence-electron chi connectivity index (χ3n) is 4.60. The van der Waals surface area contributed by atoms with Gasteiger partial charge in [0.15, 0.2) is 0 Å². The maximum absolute atomic E-state index is 9.09. The Bertz CT molecular complexity index is 221. The zero-order chi connectivity index (χ0) is 13.6. The molecule has 0 amide bonds. The normalized spacial score (nSPS) is 29.2. The summed E-state index contributed by atoms with van der Waals surface area (Å²) in [5.41, 5.74) is 0.533. The maximum atomic E-state index is 9.09. The summed E-state index contributed by atoms with van der Waals surface area (Å²) in [6, 6.07) is 0.691. The van der Waals surface area contributed by atoms with Gasteiger partial charge >= 0.3 is 0 Å². The molecule has 1 rings (SSSR count). The van der Waals surface area contributed by atoms with Gasteiger partial charge in [-0.1, -0.05) is 34.1 Å². The standard InChI is InChI=1S/C16H33NO/c1-5-6-14(8-10-18)12-17-15-7-9-16(3,4)11-13(15)2/h13-15,17-18H,5-12H2,1-4H3. The largest absolute Gasteiger partial charge is 0.396 e. The van der Waals surface area contributed by atoms with E-state index in [1.165, 1.54) is 32.1 Å². The van der Waals surface area contributed by atoms with Crippen molar-refractivity contribution in [3.05, 3.63) is 0 Å². The highest BCUT2D eigenvalue weighted by Gasteiger charge is 2.32. The third-order valence-corrected chi connectivity index (χ3v) is 4.60. The molecule has 0 aromatic heterocycles. The molecule has 3 unspecified atom stereocenters. The van der Waals surface area contributed by atoms with Crippen molar-refractivity contribution < 1.29 is 5.11 Å². The molecule has 1 saturated carbocycles. The molecule has 0 heterocycles. The number of hydrogen-bond donors (Lipinski definition) is 2. The van der Waals surface area contributed by atoms with Crippen molar-refractivity contribution in [2.45, 2.75) is 72.3 Å². The van der Waals surface area contributed by atoms with Gasteiger partial charge in [-0.05, 0) is 55.9 Å². The predicted molar refractivity (Wildman–Crippen MR) is 78.7 cm³/mol. The molecule has 0 saturated heterocycles. The highest BCUT2D eigenvalue weighted by atomic mass is 16.3. The molecule has 0 aliphatic heterocycles. The molecule has 1 aliphatic rings. The molecule has 2 nitrogen and oxygen atoms in total. The third kappa shape index (κ3) is 5.27. The van der Waals surface area contributed by atoms with E-state index in [1.807, 2.05) is 0 Å². The summed E-state index contributed by atoms with van der Waals surface area (Å²) < 4.78 is 0. The summed E-state index contributed by atoms with van der Waals surface area (Å²) in [5, 5.41) is 12.9. The molecule has 1 fully saturated rings. The van der Waals surface area contributed by atoms with Gasteiger partial charge in [-0.3, -0.25) is 0 Å². The van der Waals surface area contributed by atoms with E-state index in [0.29, 0.717) is 24.0 Å². The van der Waals surface area contributed by atoms with Gasteiger partial charge in [-0.25, -0.2) is 0 Å². The van der Waals surface area contributed by atoms with Gasteiger partial charge in [-0.15, -0.1) is 0 Å². The van der Waals surface area contributed by atoms with E-state index < -0.39 is 0 Å². The summed E-state index contributed by atoms with van der Waals surface area (Å²) in [6.07, 6.45) is 7.40.